The Morgan fingerprint density at radius 2 is 1.86 bits per heavy atom. The van der Waals surface area contributed by atoms with Crippen molar-refractivity contribution in [2.75, 3.05) is 12.8 Å². The van der Waals surface area contributed by atoms with Gasteiger partial charge in [-0.25, -0.2) is 0 Å². The van der Waals surface area contributed by atoms with Crippen LogP contribution in [0.15, 0.2) is 42.5 Å². The van der Waals surface area contributed by atoms with Crippen LogP contribution in [0.2, 0.25) is 0 Å². The number of hydrogen-bond donors (Lipinski definition) is 2. The van der Waals surface area contributed by atoms with Crippen LogP contribution >= 0.6 is 0 Å². The highest BCUT2D eigenvalue weighted by Crippen LogP contribution is 2.22. The fourth-order valence-electron chi connectivity index (χ4n) is 2.11. The van der Waals surface area contributed by atoms with Gasteiger partial charge in [-0.2, -0.15) is 0 Å². The number of nitrogen functional groups attached to an aromatic ring is 1. The van der Waals surface area contributed by atoms with E-state index in [-0.39, 0.29) is 11.9 Å². The monoisotopic (exact) mass is 284 g/mol. The molecule has 3 N–H and O–H groups in total. The average Bonchev–Trinajstić information content (AvgIpc) is 2.47. The first-order chi connectivity index (χ1) is 10.0. The topological polar surface area (TPSA) is 64.3 Å². The molecule has 1 atom stereocenters. The van der Waals surface area contributed by atoms with Gasteiger partial charge in [-0.1, -0.05) is 29.8 Å². The lowest BCUT2D eigenvalue weighted by Gasteiger charge is -2.16. The zero-order valence-corrected chi connectivity index (χ0v) is 12.5. The lowest BCUT2D eigenvalue weighted by molar-refractivity contribution is 0.0937. The number of methoxy groups -OCH3 is 1. The van der Waals surface area contributed by atoms with Gasteiger partial charge in [0.2, 0.25) is 0 Å². The van der Waals surface area contributed by atoms with Gasteiger partial charge in [-0.05, 0) is 31.5 Å². The molecule has 0 heterocycles. The van der Waals surface area contributed by atoms with E-state index in [0.717, 1.165) is 5.56 Å². The summed E-state index contributed by atoms with van der Waals surface area (Å²) in [5, 5.41) is 2.97. The standard InChI is InChI=1S/C17H20N2O2/c1-11-4-6-13(7-5-11)12(2)19-17(20)15-9-8-14(18)10-16(15)21-3/h4-10,12H,18H2,1-3H3,(H,19,20). The number of benzene rings is 2. The second kappa shape index (κ2) is 6.31. The van der Waals surface area contributed by atoms with Gasteiger partial charge in [-0.15, -0.1) is 0 Å². The Bertz CT molecular complexity index is 636. The van der Waals surface area contributed by atoms with Crippen LogP contribution in [0.1, 0.15) is 34.5 Å². The molecule has 110 valence electrons. The lowest BCUT2D eigenvalue weighted by Crippen LogP contribution is -2.27. The van der Waals surface area contributed by atoms with E-state index in [4.69, 9.17) is 10.5 Å². The maximum atomic E-state index is 12.4. The van der Waals surface area contributed by atoms with Crippen molar-refractivity contribution in [2.24, 2.45) is 0 Å². The molecule has 0 fully saturated rings. The minimum atomic E-state index is -0.181. The van der Waals surface area contributed by atoms with Gasteiger partial charge in [-0.3, -0.25) is 4.79 Å². The van der Waals surface area contributed by atoms with Crippen LogP contribution < -0.4 is 15.8 Å². The molecular weight excluding hydrogens is 264 g/mol. The van der Waals surface area contributed by atoms with Crippen molar-refractivity contribution in [1.82, 2.24) is 5.32 Å². The number of nitrogens with two attached hydrogens (primary N) is 1. The van der Waals surface area contributed by atoms with Gasteiger partial charge < -0.3 is 15.8 Å². The van der Waals surface area contributed by atoms with Crippen LogP contribution in [0.4, 0.5) is 5.69 Å². The second-order valence-electron chi connectivity index (χ2n) is 5.07. The quantitative estimate of drug-likeness (QED) is 0.848. The smallest absolute Gasteiger partial charge is 0.255 e. The number of carbonyl (C=O) groups is 1. The largest absolute Gasteiger partial charge is 0.496 e. The van der Waals surface area contributed by atoms with Crippen molar-refractivity contribution in [3.63, 3.8) is 0 Å². The van der Waals surface area contributed by atoms with E-state index in [0.29, 0.717) is 17.0 Å². The average molecular weight is 284 g/mol. The first-order valence-electron chi connectivity index (χ1n) is 6.82. The van der Waals surface area contributed by atoms with E-state index in [2.05, 4.69) is 5.32 Å². The Labute approximate surface area is 124 Å². The summed E-state index contributed by atoms with van der Waals surface area (Å²) in [6, 6.07) is 13.0. The number of hydrogen-bond acceptors (Lipinski definition) is 3. The minimum absolute atomic E-state index is 0.0830. The Morgan fingerprint density at radius 1 is 1.19 bits per heavy atom. The number of ether oxygens (including phenoxy) is 1. The zero-order chi connectivity index (χ0) is 15.4. The number of carbonyl (C=O) groups excluding carboxylic acids is 1. The number of rotatable bonds is 4. The van der Waals surface area contributed by atoms with E-state index >= 15 is 0 Å². The number of amides is 1. The van der Waals surface area contributed by atoms with Crippen molar-refractivity contribution in [2.45, 2.75) is 19.9 Å². The molecule has 0 bridgehead atoms. The molecule has 1 amide bonds. The Morgan fingerprint density at radius 3 is 2.48 bits per heavy atom. The summed E-state index contributed by atoms with van der Waals surface area (Å²) in [7, 11) is 1.52. The third kappa shape index (κ3) is 3.54. The Hall–Kier alpha value is -2.49. The molecule has 0 saturated carbocycles. The van der Waals surface area contributed by atoms with Crippen molar-refractivity contribution in [1.29, 1.82) is 0 Å². The molecule has 1 unspecified atom stereocenters. The van der Waals surface area contributed by atoms with Crippen molar-refractivity contribution < 1.29 is 9.53 Å². The maximum absolute atomic E-state index is 12.4. The molecule has 2 aromatic rings. The Kier molecular flexibility index (Phi) is 4.48. The van der Waals surface area contributed by atoms with Crippen LogP contribution in [0.3, 0.4) is 0 Å². The molecule has 2 rings (SSSR count). The zero-order valence-electron chi connectivity index (χ0n) is 12.5. The van der Waals surface area contributed by atoms with Crippen LogP contribution in [-0.2, 0) is 0 Å². The van der Waals surface area contributed by atoms with E-state index in [1.807, 2.05) is 38.1 Å². The molecule has 4 nitrogen and oxygen atoms in total. The predicted molar refractivity (Wildman–Crippen MR) is 84.5 cm³/mol. The summed E-state index contributed by atoms with van der Waals surface area (Å²) < 4.78 is 5.21. The van der Waals surface area contributed by atoms with Gasteiger partial charge in [0.1, 0.15) is 5.75 Å². The number of aryl methyl sites for hydroxylation is 1. The van der Waals surface area contributed by atoms with E-state index in [1.165, 1.54) is 12.7 Å². The minimum Gasteiger partial charge on any atom is -0.496 e. The number of anilines is 1. The first kappa shape index (κ1) is 14.9. The fourth-order valence-corrected chi connectivity index (χ4v) is 2.11. The fraction of sp³-hybridized carbons (Fsp3) is 0.235. The molecular formula is C17H20N2O2. The molecule has 2 aromatic carbocycles. The maximum Gasteiger partial charge on any atom is 0.255 e. The van der Waals surface area contributed by atoms with Gasteiger partial charge in [0.05, 0.1) is 18.7 Å². The van der Waals surface area contributed by atoms with Crippen molar-refractivity contribution in [3.05, 3.63) is 59.2 Å². The van der Waals surface area contributed by atoms with Gasteiger partial charge in [0, 0.05) is 11.8 Å². The summed E-state index contributed by atoms with van der Waals surface area (Å²) in [6.07, 6.45) is 0. The molecule has 0 aromatic heterocycles. The molecule has 0 aliphatic carbocycles. The molecule has 4 heteroatoms. The molecule has 0 radical (unpaired) electrons. The summed E-state index contributed by atoms with van der Waals surface area (Å²) in [4.78, 5) is 12.4. The SMILES string of the molecule is COc1cc(N)ccc1C(=O)NC(C)c1ccc(C)cc1. The van der Waals surface area contributed by atoms with Crippen LogP contribution in [-0.4, -0.2) is 13.0 Å². The van der Waals surface area contributed by atoms with Gasteiger partial charge >= 0.3 is 0 Å². The number of nitrogens with one attached hydrogen (secondary N) is 1. The first-order valence-corrected chi connectivity index (χ1v) is 6.82. The van der Waals surface area contributed by atoms with Crippen LogP contribution in [0.5, 0.6) is 5.75 Å². The highest BCUT2D eigenvalue weighted by Gasteiger charge is 2.15. The third-order valence-corrected chi connectivity index (χ3v) is 3.40. The van der Waals surface area contributed by atoms with Crippen LogP contribution in [0.25, 0.3) is 0 Å². The van der Waals surface area contributed by atoms with E-state index in [9.17, 15) is 4.79 Å². The lowest BCUT2D eigenvalue weighted by atomic mass is 10.1. The summed E-state index contributed by atoms with van der Waals surface area (Å²) in [5.74, 6) is 0.295. The molecule has 0 spiro atoms. The molecule has 0 aliphatic heterocycles. The highest BCUT2D eigenvalue weighted by molar-refractivity contribution is 5.97. The van der Waals surface area contributed by atoms with Crippen molar-refractivity contribution >= 4 is 11.6 Å². The summed E-state index contributed by atoms with van der Waals surface area (Å²) in [6.45, 7) is 3.98. The summed E-state index contributed by atoms with van der Waals surface area (Å²) >= 11 is 0. The van der Waals surface area contributed by atoms with Gasteiger partial charge in [0.25, 0.3) is 5.91 Å². The van der Waals surface area contributed by atoms with E-state index in [1.54, 1.807) is 18.2 Å². The third-order valence-electron chi connectivity index (χ3n) is 3.40. The predicted octanol–water partition coefficient (Wildman–Crippen LogP) is 3.08. The van der Waals surface area contributed by atoms with E-state index < -0.39 is 0 Å². The normalized spacial score (nSPS) is 11.8. The molecule has 21 heavy (non-hydrogen) atoms. The van der Waals surface area contributed by atoms with Crippen molar-refractivity contribution in [3.8, 4) is 5.75 Å². The van der Waals surface area contributed by atoms with Gasteiger partial charge in [0.15, 0.2) is 0 Å². The second-order valence-corrected chi connectivity index (χ2v) is 5.07. The summed E-state index contributed by atoms with van der Waals surface area (Å²) in [5.41, 5.74) is 8.99. The Balaban J connectivity index is 2.16. The molecule has 0 saturated heterocycles. The molecule has 0 aliphatic rings. The highest BCUT2D eigenvalue weighted by atomic mass is 16.5. The van der Waals surface area contributed by atoms with Crippen LogP contribution in [0, 0.1) is 6.92 Å².